The number of aliphatic hydroxyl groups excluding tert-OH is 1. The molecule has 0 spiro atoms. The third-order valence-electron chi connectivity index (χ3n) is 1.66. The number of unbranched alkanes of at least 4 members (excludes halogenated alkanes) is 3. The second-order valence-electron chi connectivity index (χ2n) is 2.78. The molecule has 0 aliphatic heterocycles. The predicted octanol–water partition coefficient (Wildman–Crippen LogP) is 2.53. The zero-order valence-corrected chi connectivity index (χ0v) is 6.98. The first kappa shape index (κ1) is 11.8. The van der Waals surface area contributed by atoms with E-state index in [0.717, 1.165) is 0 Å². The molecule has 1 nitrogen and oxygen atoms in total. The zero-order valence-electron chi connectivity index (χ0n) is 6.98. The summed E-state index contributed by atoms with van der Waals surface area (Å²) in [5.74, 6) is 0. The number of halogens is 3. The lowest BCUT2D eigenvalue weighted by atomic mass is 10.1. The third kappa shape index (κ3) is 6.46. The number of alkyl halides is 3. The van der Waals surface area contributed by atoms with Gasteiger partial charge in [-0.1, -0.05) is 19.3 Å². The van der Waals surface area contributed by atoms with Gasteiger partial charge in [-0.05, 0) is 12.8 Å². The van der Waals surface area contributed by atoms with Crippen molar-refractivity contribution < 1.29 is 18.3 Å². The van der Waals surface area contributed by atoms with E-state index in [1.807, 2.05) is 0 Å². The Bertz CT molecular complexity index is 98.3. The largest absolute Gasteiger partial charge is 0.362 e. The van der Waals surface area contributed by atoms with E-state index >= 15 is 0 Å². The molecule has 0 heterocycles. The average Bonchev–Trinajstić information content (AvgIpc) is 2.03. The van der Waals surface area contributed by atoms with Crippen molar-refractivity contribution in [3.63, 3.8) is 0 Å². The van der Waals surface area contributed by atoms with Gasteiger partial charge in [0.15, 0.2) is 6.17 Å². The van der Waals surface area contributed by atoms with Crippen molar-refractivity contribution in [2.24, 2.45) is 0 Å². The highest BCUT2D eigenvalue weighted by molar-refractivity contribution is 4.57. The van der Waals surface area contributed by atoms with Gasteiger partial charge in [-0.3, -0.25) is 4.39 Å². The van der Waals surface area contributed by atoms with Crippen LogP contribution in [0.5, 0.6) is 0 Å². The van der Waals surface area contributed by atoms with Crippen molar-refractivity contribution in [3.05, 3.63) is 0 Å². The molecule has 0 bridgehead atoms. The summed E-state index contributed by atoms with van der Waals surface area (Å²) in [5.41, 5.74) is 0. The summed E-state index contributed by atoms with van der Waals surface area (Å²) >= 11 is 0. The van der Waals surface area contributed by atoms with Crippen LogP contribution in [0.4, 0.5) is 13.2 Å². The van der Waals surface area contributed by atoms with Crippen LogP contribution in [0.3, 0.4) is 0 Å². The Labute approximate surface area is 70.6 Å². The van der Waals surface area contributed by atoms with Gasteiger partial charge in [-0.15, -0.1) is 0 Å². The van der Waals surface area contributed by atoms with Crippen LogP contribution < -0.4 is 0 Å². The van der Waals surface area contributed by atoms with Gasteiger partial charge < -0.3 is 5.11 Å². The fourth-order valence-electron chi connectivity index (χ4n) is 0.925. The normalized spacial score (nSPS) is 16.0. The Morgan fingerprint density at radius 1 is 1.00 bits per heavy atom. The average molecular weight is 184 g/mol. The van der Waals surface area contributed by atoms with E-state index < -0.39 is 12.5 Å². The van der Waals surface area contributed by atoms with E-state index in [-0.39, 0.29) is 13.1 Å². The summed E-state index contributed by atoms with van der Waals surface area (Å²) < 4.78 is 35.7. The van der Waals surface area contributed by atoms with Crippen molar-refractivity contribution >= 4 is 0 Å². The molecule has 0 aromatic heterocycles. The molecule has 0 aliphatic rings. The molecule has 2 atom stereocenters. The van der Waals surface area contributed by atoms with Gasteiger partial charge in [0.2, 0.25) is 6.36 Å². The lowest BCUT2D eigenvalue weighted by Gasteiger charge is -2.06. The molecule has 0 amide bonds. The van der Waals surface area contributed by atoms with Gasteiger partial charge in [0.1, 0.15) is 0 Å². The molecule has 1 N–H and O–H groups in total. The topological polar surface area (TPSA) is 20.2 Å². The van der Waals surface area contributed by atoms with Gasteiger partial charge in [-0.25, -0.2) is 8.78 Å². The highest BCUT2D eigenvalue weighted by Crippen LogP contribution is 2.11. The Balaban J connectivity index is 3.08. The van der Waals surface area contributed by atoms with E-state index in [0.29, 0.717) is 25.7 Å². The minimum Gasteiger partial charge on any atom is -0.362 e. The second-order valence-corrected chi connectivity index (χ2v) is 2.78. The Hall–Kier alpha value is -0.250. The lowest BCUT2D eigenvalue weighted by molar-refractivity contribution is -0.0308. The number of hydrogen-bond acceptors (Lipinski definition) is 1. The first-order valence-corrected chi connectivity index (χ1v) is 4.20. The second kappa shape index (κ2) is 7.40. The van der Waals surface area contributed by atoms with E-state index in [9.17, 15) is 13.2 Å². The Morgan fingerprint density at radius 2 is 1.58 bits per heavy atom. The fourth-order valence-corrected chi connectivity index (χ4v) is 0.925. The minimum atomic E-state index is -2.37. The van der Waals surface area contributed by atoms with Crippen molar-refractivity contribution in [3.8, 4) is 0 Å². The molecule has 0 fully saturated rings. The van der Waals surface area contributed by atoms with Gasteiger partial charge in [-0.2, -0.15) is 0 Å². The van der Waals surface area contributed by atoms with Gasteiger partial charge in [0.25, 0.3) is 0 Å². The molecule has 0 aromatic rings. The summed E-state index contributed by atoms with van der Waals surface area (Å²) in [4.78, 5) is 0. The molecule has 0 radical (unpaired) electrons. The molecule has 2 unspecified atom stereocenters. The van der Waals surface area contributed by atoms with Crippen molar-refractivity contribution in [2.75, 3.05) is 6.67 Å². The molecule has 0 rings (SSSR count). The van der Waals surface area contributed by atoms with Crippen LogP contribution >= 0.6 is 0 Å². The van der Waals surface area contributed by atoms with Crippen molar-refractivity contribution in [2.45, 2.75) is 44.6 Å². The Kier molecular flexibility index (Phi) is 7.25. The van der Waals surface area contributed by atoms with E-state index in [4.69, 9.17) is 5.11 Å². The summed E-state index contributed by atoms with van der Waals surface area (Å²) in [6.45, 7) is -0.356. The maximum atomic E-state index is 12.3. The fraction of sp³-hybridized carbons (Fsp3) is 1.00. The molecule has 12 heavy (non-hydrogen) atoms. The molecule has 0 aromatic carbocycles. The summed E-state index contributed by atoms with van der Waals surface area (Å²) in [6, 6.07) is 0. The SMILES string of the molecule is OC(F)C(F)CCCCCCF. The highest BCUT2D eigenvalue weighted by Gasteiger charge is 2.15. The Morgan fingerprint density at radius 3 is 2.08 bits per heavy atom. The minimum absolute atomic E-state index is 0.0178. The summed E-state index contributed by atoms with van der Waals surface area (Å²) in [7, 11) is 0. The smallest absolute Gasteiger partial charge is 0.227 e. The molecule has 0 aliphatic carbocycles. The maximum absolute atomic E-state index is 12.3. The summed E-state index contributed by atoms with van der Waals surface area (Å²) in [5, 5.41) is 8.12. The van der Waals surface area contributed by atoms with Crippen molar-refractivity contribution in [1.82, 2.24) is 0 Å². The lowest BCUT2D eigenvalue weighted by Crippen LogP contribution is -2.15. The van der Waals surface area contributed by atoms with Gasteiger partial charge in [0.05, 0.1) is 6.67 Å². The predicted molar refractivity (Wildman–Crippen MR) is 41.1 cm³/mol. The van der Waals surface area contributed by atoms with Gasteiger partial charge in [0, 0.05) is 0 Å². The summed E-state index contributed by atoms with van der Waals surface area (Å²) in [6.07, 6.45) is -1.76. The first-order chi connectivity index (χ1) is 5.68. The molecule has 0 saturated heterocycles. The van der Waals surface area contributed by atoms with Crippen LogP contribution in [-0.4, -0.2) is 24.3 Å². The van der Waals surface area contributed by atoms with Crippen LogP contribution in [0.2, 0.25) is 0 Å². The third-order valence-corrected chi connectivity index (χ3v) is 1.66. The first-order valence-electron chi connectivity index (χ1n) is 4.20. The standard InChI is InChI=1S/C8H15F3O/c9-6-4-2-1-3-5-7(10)8(11)12/h7-8,12H,1-6H2. The van der Waals surface area contributed by atoms with Crippen LogP contribution in [0.1, 0.15) is 32.1 Å². The van der Waals surface area contributed by atoms with Crippen LogP contribution in [-0.2, 0) is 0 Å². The van der Waals surface area contributed by atoms with Crippen LogP contribution in [0.15, 0.2) is 0 Å². The zero-order chi connectivity index (χ0) is 9.40. The molecule has 4 heteroatoms. The van der Waals surface area contributed by atoms with Crippen LogP contribution in [0, 0.1) is 0 Å². The van der Waals surface area contributed by atoms with E-state index in [2.05, 4.69) is 0 Å². The van der Waals surface area contributed by atoms with Gasteiger partial charge >= 0.3 is 0 Å². The monoisotopic (exact) mass is 184 g/mol. The molecular weight excluding hydrogens is 169 g/mol. The van der Waals surface area contributed by atoms with Crippen LogP contribution in [0.25, 0.3) is 0 Å². The number of hydrogen-bond donors (Lipinski definition) is 1. The molecule has 74 valence electrons. The van der Waals surface area contributed by atoms with E-state index in [1.165, 1.54) is 0 Å². The quantitative estimate of drug-likeness (QED) is 0.603. The molecule has 0 saturated carbocycles. The molecular formula is C8H15F3O. The van der Waals surface area contributed by atoms with E-state index in [1.54, 1.807) is 0 Å². The van der Waals surface area contributed by atoms with Crippen molar-refractivity contribution in [1.29, 1.82) is 0 Å². The number of aliphatic hydroxyl groups is 1. The highest BCUT2D eigenvalue weighted by atomic mass is 19.2. The number of rotatable bonds is 7. The maximum Gasteiger partial charge on any atom is 0.227 e.